The Morgan fingerprint density at radius 3 is 2.53 bits per heavy atom. The maximum atomic E-state index is 13.6. The van der Waals surface area contributed by atoms with E-state index in [1.54, 1.807) is 6.92 Å². The van der Waals surface area contributed by atoms with Crippen LogP contribution in [0.1, 0.15) is 22.8 Å². The number of benzene rings is 1. The number of hydrogen-bond acceptors (Lipinski definition) is 4. The van der Waals surface area contributed by atoms with E-state index in [-0.39, 0.29) is 11.3 Å². The monoisotopic (exact) mass is 288 g/mol. The fourth-order valence-corrected chi connectivity index (χ4v) is 2.72. The van der Waals surface area contributed by atoms with Gasteiger partial charge in [0.15, 0.2) is 0 Å². The number of carbonyl (C=O) groups excluding carboxylic acids is 1. The number of carbonyl (C=O) groups is 1. The second-order valence-corrected chi connectivity index (χ2v) is 6.82. The standard InChI is InChI=1S/C12H17FN2O3S/c1-7(6-19(3,17)18)15-11-5-9(12(14)16)4-10(13)8(11)2/h4-5,7,15H,6H2,1-3H3,(H2,14,16). The van der Waals surface area contributed by atoms with E-state index in [0.717, 1.165) is 12.3 Å². The van der Waals surface area contributed by atoms with Gasteiger partial charge in [-0.25, -0.2) is 12.8 Å². The van der Waals surface area contributed by atoms with Crippen molar-refractivity contribution in [3.63, 3.8) is 0 Å². The molecule has 1 atom stereocenters. The second-order valence-electron chi connectivity index (χ2n) is 4.63. The third-order valence-electron chi connectivity index (χ3n) is 2.58. The predicted molar refractivity (Wildman–Crippen MR) is 72.5 cm³/mol. The Hall–Kier alpha value is -1.63. The molecule has 19 heavy (non-hydrogen) atoms. The summed E-state index contributed by atoms with van der Waals surface area (Å²) in [7, 11) is -3.14. The Morgan fingerprint density at radius 2 is 2.05 bits per heavy atom. The van der Waals surface area contributed by atoms with Crippen LogP contribution in [0.15, 0.2) is 12.1 Å². The minimum Gasteiger partial charge on any atom is -0.381 e. The number of amides is 1. The first-order valence-electron chi connectivity index (χ1n) is 5.64. The highest BCUT2D eigenvalue weighted by atomic mass is 32.2. The summed E-state index contributed by atoms with van der Waals surface area (Å²) in [6.45, 7) is 3.20. The van der Waals surface area contributed by atoms with Gasteiger partial charge in [-0.2, -0.15) is 0 Å². The van der Waals surface area contributed by atoms with E-state index in [0.29, 0.717) is 11.3 Å². The predicted octanol–water partition coefficient (Wildman–Crippen LogP) is 1.08. The van der Waals surface area contributed by atoms with Crippen LogP contribution in [-0.2, 0) is 9.84 Å². The molecule has 0 fully saturated rings. The second kappa shape index (κ2) is 5.56. The summed E-state index contributed by atoms with van der Waals surface area (Å²) >= 11 is 0. The maximum Gasteiger partial charge on any atom is 0.248 e. The van der Waals surface area contributed by atoms with Crippen molar-refractivity contribution in [2.45, 2.75) is 19.9 Å². The molecule has 0 saturated carbocycles. The van der Waals surface area contributed by atoms with Crippen LogP contribution in [0.3, 0.4) is 0 Å². The topological polar surface area (TPSA) is 89.3 Å². The molecule has 0 radical (unpaired) electrons. The molecular weight excluding hydrogens is 271 g/mol. The van der Waals surface area contributed by atoms with Gasteiger partial charge in [0.25, 0.3) is 0 Å². The summed E-state index contributed by atoms with van der Waals surface area (Å²) in [4.78, 5) is 11.1. The van der Waals surface area contributed by atoms with Gasteiger partial charge in [-0.15, -0.1) is 0 Å². The highest BCUT2D eigenvalue weighted by molar-refractivity contribution is 7.90. The molecular formula is C12H17FN2O3S. The molecule has 1 aromatic rings. The van der Waals surface area contributed by atoms with Crippen LogP contribution >= 0.6 is 0 Å². The lowest BCUT2D eigenvalue weighted by molar-refractivity contribution is 0.1000. The molecule has 0 aromatic heterocycles. The molecule has 7 heteroatoms. The molecule has 1 aromatic carbocycles. The van der Waals surface area contributed by atoms with Crippen LogP contribution in [0.5, 0.6) is 0 Å². The molecule has 106 valence electrons. The van der Waals surface area contributed by atoms with Crippen molar-refractivity contribution in [1.29, 1.82) is 0 Å². The van der Waals surface area contributed by atoms with E-state index in [4.69, 9.17) is 5.73 Å². The van der Waals surface area contributed by atoms with Gasteiger partial charge in [0.05, 0.1) is 5.75 Å². The van der Waals surface area contributed by atoms with Crippen molar-refractivity contribution < 1.29 is 17.6 Å². The van der Waals surface area contributed by atoms with Crippen molar-refractivity contribution >= 4 is 21.4 Å². The number of anilines is 1. The molecule has 0 bridgehead atoms. The van der Waals surface area contributed by atoms with E-state index in [9.17, 15) is 17.6 Å². The summed E-state index contributed by atoms with van der Waals surface area (Å²) < 4.78 is 36.0. The molecule has 0 aliphatic rings. The Bertz CT molecular complexity index is 599. The van der Waals surface area contributed by atoms with Crippen molar-refractivity contribution in [2.24, 2.45) is 5.73 Å². The van der Waals surface area contributed by atoms with E-state index in [1.165, 1.54) is 13.0 Å². The van der Waals surface area contributed by atoms with Crippen LogP contribution in [0.25, 0.3) is 0 Å². The maximum absolute atomic E-state index is 13.6. The zero-order valence-corrected chi connectivity index (χ0v) is 11.8. The van der Waals surface area contributed by atoms with Gasteiger partial charge < -0.3 is 11.1 Å². The number of primary amides is 1. The van der Waals surface area contributed by atoms with Crippen LogP contribution in [0.2, 0.25) is 0 Å². The van der Waals surface area contributed by atoms with Gasteiger partial charge in [-0.05, 0) is 26.0 Å². The SMILES string of the molecule is Cc1c(F)cc(C(N)=O)cc1NC(C)CS(C)(=O)=O. The van der Waals surface area contributed by atoms with Gasteiger partial charge in [-0.1, -0.05) is 0 Å². The van der Waals surface area contributed by atoms with E-state index in [2.05, 4.69) is 5.32 Å². The first kappa shape index (κ1) is 15.4. The summed E-state index contributed by atoms with van der Waals surface area (Å²) in [6.07, 6.45) is 1.12. The summed E-state index contributed by atoms with van der Waals surface area (Å²) in [6, 6.07) is 2.07. The van der Waals surface area contributed by atoms with E-state index < -0.39 is 27.6 Å². The first-order valence-corrected chi connectivity index (χ1v) is 7.70. The van der Waals surface area contributed by atoms with E-state index in [1.807, 2.05) is 0 Å². The van der Waals surface area contributed by atoms with Crippen molar-refractivity contribution in [3.05, 3.63) is 29.1 Å². The smallest absolute Gasteiger partial charge is 0.248 e. The molecule has 1 rings (SSSR count). The molecule has 0 spiro atoms. The molecule has 0 saturated heterocycles. The zero-order valence-electron chi connectivity index (χ0n) is 11.0. The summed E-state index contributed by atoms with van der Waals surface area (Å²) in [5, 5.41) is 2.88. The number of hydrogen-bond donors (Lipinski definition) is 2. The van der Waals surface area contributed by atoms with Crippen molar-refractivity contribution in [3.8, 4) is 0 Å². The lowest BCUT2D eigenvalue weighted by Crippen LogP contribution is -2.26. The van der Waals surface area contributed by atoms with Crippen LogP contribution in [-0.4, -0.2) is 32.4 Å². The fourth-order valence-electron chi connectivity index (χ4n) is 1.73. The Labute approximate surface area is 111 Å². The third kappa shape index (κ3) is 4.51. The van der Waals surface area contributed by atoms with Gasteiger partial charge in [0, 0.05) is 29.1 Å². The highest BCUT2D eigenvalue weighted by Gasteiger charge is 2.14. The molecule has 1 amide bonds. The van der Waals surface area contributed by atoms with Crippen LogP contribution < -0.4 is 11.1 Å². The minimum absolute atomic E-state index is 0.0390. The average molecular weight is 288 g/mol. The van der Waals surface area contributed by atoms with Crippen LogP contribution in [0, 0.1) is 12.7 Å². The van der Waals surface area contributed by atoms with Gasteiger partial charge in [0.1, 0.15) is 15.7 Å². The van der Waals surface area contributed by atoms with E-state index >= 15 is 0 Å². The number of sulfone groups is 1. The normalized spacial score (nSPS) is 13.1. The minimum atomic E-state index is -3.14. The average Bonchev–Trinajstić information content (AvgIpc) is 2.21. The molecule has 5 nitrogen and oxygen atoms in total. The van der Waals surface area contributed by atoms with Gasteiger partial charge in [-0.3, -0.25) is 4.79 Å². The molecule has 3 N–H and O–H groups in total. The Balaban J connectivity index is 3.03. The number of nitrogens with two attached hydrogens (primary N) is 1. The Morgan fingerprint density at radius 1 is 1.47 bits per heavy atom. The number of rotatable bonds is 5. The largest absolute Gasteiger partial charge is 0.381 e. The summed E-state index contributed by atoms with van der Waals surface area (Å²) in [5.74, 6) is -1.39. The molecule has 0 aliphatic heterocycles. The van der Waals surface area contributed by atoms with Crippen molar-refractivity contribution in [1.82, 2.24) is 0 Å². The lowest BCUT2D eigenvalue weighted by atomic mass is 10.1. The number of nitrogens with one attached hydrogen (secondary N) is 1. The fraction of sp³-hybridized carbons (Fsp3) is 0.417. The molecule has 0 aliphatic carbocycles. The molecule has 0 heterocycles. The van der Waals surface area contributed by atoms with Gasteiger partial charge in [0.2, 0.25) is 5.91 Å². The zero-order chi connectivity index (χ0) is 14.8. The van der Waals surface area contributed by atoms with Crippen LogP contribution in [0.4, 0.5) is 10.1 Å². The quantitative estimate of drug-likeness (QED) is 0.848. The first-order chi connectivity index (χ1) is 8.60. The summed E-state index contributed by atoms with van der Waals surface area (Å²) in [5.41, 5.74) is 5.82. The third-order valence-corrected chi connectivity index (χ3v) is 3.69. The van der Waals surface area contributed by atoms with Crippen molar-refractivity contribution in [2.75, 3.05) is 17.3 Å². The highest BCUT2D eigenvalue weighted by Crippen LogP contribution is 2.21. The molecule has 1 unspecified atom stereocenters. The lowest BCUT2D eigenvalue weighted by Gasteiger charge is -2.17. The Kier molecular flexibility index (Phi) is 4.52. The van der Waals surface area contributed by atoms with Gasteiger partial charge >= 0.3 is 0 Å². The number of halogens is 1.